The van der Waals surface area contributed by atoms with Gasteiger partial charge in [0.25, 0.3) is 0 Å². The van der Waals surface area contributed by atoms with Crippen LogP contribution in [-0.2, 0) is 6.42 Å². The molecule has 1 fully saturated rings. The molecule has 0 atom stereocenters. The predicted octanol–water partition coefficient (Wildman–Crippen LogP) is 4.20. The molecule has 1 aromatic heterocycles. The van der Waals surface area contributed by atoms with Gasteiger partial charge in [0.15, 0.2) is 0 Å². The molecule has 3 rings (SSSR count). The smallest absolute Gasteiger partial charge is 0.0169 e. The molecule has 1 aliphatic heterocycles. The van der Waals surface area contributed by atoms with Gasteiger partial charge in [-0.3, -0.25) is 4.90 Å². The first-order valence-electron chi connectivity index (χ1n) is 7.31. The van der Waals surface area contributed by atoms with Crippen LogP contribution in [0.4, 0.5) is 0 Å². The maximum Gasteiger partial charge on any atom is 0.0169 e. The fourth-order valence-electron chi connectivity index (χ4n) is 3.09. The molecule has 0 N–H and O–H groups in total. The zero-order valence-electron chi connectivity index (χ0n) is 11.3. The van der Waals surface area contributed by atoms with E-state index in [4.69, 9.17) is 0 Å². The Labute approximate surface area is 115 Å². The van der Waals surface area contributed by atoms with Gasteiger partial charge in [-0.15, -0.1) is 11.3 Å². The molecule has 0 unspecified atom stereocenters. The molecule has 1 saturated heterocycles. The van der Waals surface area contributed by atoms with E-state index in [1.807, 2.05) is 11.3 Å². The van der Waals surface area contributed by atoms with Gasteiger partial charge < -0.3 is 0 Å². The number of piperidine rings is 1. The topological polar surface area (TPSA) is 3.24 Å². The lowest BCUT2D eigenvalue weighted by Crippen LogP contribution is -2.33. The molecule has 0 bridgehead atoms. The highest BCUT2D eigenvalue weighted by Gasteiger charge is 2.17. The normalized spacial score (nSPS) is 24.4. The van der Waals surface area contributed by atoms with Gasteiger partial charge in [-0.25, -0.2) is 0 Å². The van der Waals surface area contributed by atoms with Crippen molar-refractivity contribution in [2.45, 2.75) is 39.0 Å². The van der Waals surface area contributed by atoms with Crippen LogP contribution in [0.1, 0.15) is 43.0 Å². The Kier molecular flexibility index (Phi) is 3.86. The molecule has 0 spiro atoms. The molecule has 1 nitrogen and oxygen atoms in total. The first kappa shape index (κ1) is 12.4. The highest BCUT2D eigenvalue weighted by Crippen LogP contribution is 2.34. The Balaban J connectivity index is 1.64. The number of fused-ring (bicyclic) bond motifs is 1. The molecular formula is C16H23NS. The first-order valence-corrected chi connectivity index (χ1v) is 8.19. The third-order valence-corrected chi connectivity index (χ3v) is 5.39. The lowest BCUT2D eigenvalue weighted by molar-refractivity contribution is 0.210. The number of hydrogen-bond acceptors (Lipinski definition) is 2. The van der Waals surface area contributed by atoms with Crippen molar-refractivity contribution in [3.05, 3.63) is 28.0 Å². The monoisotopic (exact) mass is 261 g/mol. The lowest BCUT2D eigenvalue weighted by Gasteiger charge is -2.29. The summed E-state index contributed by atoms with van der Waals surface area (Å²) in [6.45, 7) is 6.13. The van der Waals surface area contributed by atoms with Crippen molar-refractivity contribution in [3.63, 3.8) is 0 Å². The van der Waals surface area contributed by atoms with E-state index in [0.717, 1.165) is 12.5 Å². The Morgan fingerprint density at radius 1 is 1.33 bits per heavy atom. The van der Waals surface area contributed by atoms with Crippen LogP contribution in [0.5, 0.6) is 0 Å². The molecule has 0 amide bonds. The highest BCUT2D eigenvalue weighted by atomic mass is 32.1. The van der Waals surface area contributed by atoms with Crippen molar-refractivity contribution in [2.24, 2.45) is 5.92 Å². The third kappa shape index (κ3) is 2.70. The van der Waals surface area contributed by atoms with E-state index < -0.39 is 0 Å². The van der Waals surface area contributed by atoms with Crippen molar-refractivity contribution in [3.8, 4) is 0 Å². The van der Waals surface area contributed by atoms with Crippen LogP contribution < -0.4 is 0 Å². The lowest BCUT2D eigenvalue weighted by atomic mass is 9.93. The quantitative estimate of drug-likeness (QED) is 0.771. The largest absolute Gasteiger partial charge is 0.300 e. The fraction of sp³-hybridized carbons (Fsp3) is 0.625. The second kappa shape index (κ2) is 5.58. The summed E-state index contributed by atoms with van der Waals surface area (Å²) in [6, 6.07) is 2.32. The van der Waals surface area contributed by atoms with E-state index in [1.54, 1.807) is 16.0 Å². The van der Waals surface area contributed by atoms with Gasteiger partial charge in [0.1, 0.15) is 0 Å². The molecule has 1 aromatic rings. The van der Waals surface area contributed by atoms with Crippen molar-refractivity contribution in [1.82, 2.24) is 4.90 Å². The Morgan fingerprint density at radius 3 is 3.00 bits per heavy atom. The number of nitrogens with zero attached hydrogens (tertiary/aromatic N) is 1. The van der Waals surface area contributed by atoms with Crippen molar-refractivity contribution < 1.29 is 0 Å². The number of rotatable bonds is 2. The summed E-state index contributed by atoms with van der Waals surface area (Å²) in [4.78, 5) is 4.23. The van der Waals surface area contributed by atoms with Crippen LogP contribution in [0.3, 0.4) is 0 Å². The summed E-state index contributed by atoms with van der Waals surface area (Å²) in [5, 5.41) is 2.26. The summed E-state index contributed by atoms with van der Waals surface area (Å²) in [6.07, 6.45) is 9.19. The summed E-state index contributed by atoms with van der Waals surface area (Å²) in [5.41, 5.74) is 3.16. The van der Waals surface area contributed by atoms with Crippen molar-refractivity contribution in [1.29, 1.82) is 0 Å². The SMILES string of the molecule is CC1CCN(CC=C2CCCc3sccc32)CC1. The van der Waals surface area contributed by atoms with Gasteiger partial charge in [-0.1, -0.05) is 13.0 Å². The van der Waals surface area contributed by atoms with Crippen molar-refractivity contribution in [2.75, 3.05) is 19.6 Å². The number of likely N-dealkylation sites (tertiary alicyclic amines) is 1. The van der Waals surface area contributed by atoms with E-state index in [9.17, 15) is 0 Å². The van der Waals surface area contributed by atoms with Gasteiger partial charge in [0, 0.05) is 11.4 Å². The summed E-state index contributed by atoms with van der Waals surface area (Å²) in [5.74, 6) is 0.937. The van der Waals surface area contributed by atoms with Gasteiger partial charge >= 0.3 is 0 Å². The fourth-order valence-corrected chi connectivity index (χ4v) is 4.05. The molecular weight excluding hydrogens is 238 g/mol. The summed E-state index contributed by atoms with van der Waals surface area (Å²) in [7, 11) is 0. The number of thiophene rings is 1. The summed E-state index contributed by atoms with van der Waals surface area (Å²) >= 11 is 1.94. The number of hydrogen-bond donors (Lipinski definition) is 0. The van der Waals surface area contributed by atoms with E-state index in [2.05, 4.69) is 29.3 Å². The third-order valence-electron chi connectivity index (χ3n) is 4.41. The second-order valence-electron chi connectivity index (χ2n) is 5.82. The minimum Gasteiger partial charge on any atom is -0.300 e. The number of aryl methyl sites for hydroxylation is 1. The molecule has 18 heavy (non-hydrogen) atoms. The van der Waals surface area contributed by atoms with Crippen LogP contribution in [0.2, 0.25) is 0 Å². The van der Waals surface area contributed by atoms with Crippen LogP contribution in [0.25, 0.3) is 5.57 Å². The summed E-state index contributed by atoms with van der Waals surface area (Å²) < 4.78 is 0. The Morgan fingerprint density at radius 2 is 2.17 bits per heavy atom. The number of allylic oxidation sites excluding steroid dienone is 1. The molecule has 0 radical (unpaired) electrons. The van der Waals surface area contributed by atoms with E-state index in [0.29, 0.717) is 0 Å². The zero-order chi connectivity index (χ0) is 12.4. The maximum atomic E-state index is 2.62. The maximum absolute atomic E-state index is 2.62. The second-order valence-corrected chi connectivity index (χ2v) is 6.82. The molecule has 0 aromatic carbocycles. The Hall–Kier alpha value is -0.600. The minimum absolute atomic E-state index is 0.937. The molecule has 1 aliphatic carbocycles. The van der Waals surface area contributed by atoms with E-state index in [1.165, 1.54) is 45.2 Å². The standard InChI is InChI=1S/C16H23NS/c1-13-5-9-17(10-6-13)11-7-14-3-2-4-16-15(14)8-12-18-16/h7-8,12-13H,2-6,9-11H2,1H3. The molecule has 98 valence electrons. The van der Waals surface area contributed by atoms with Crippen LogP contribution in [0, 0.1) is 5.92 Å². The van der Waals surface area contributed by atoms with E-state index >= 15 is 0 Å². The van der Waals surface area contributed by atoms with Crippen LogP contribution in [-0.4, -0.2) is 24.5 Å². The zero-order valence-corrected chi connectivity index (χ0v) is 12.1. The van der Waals surface area contributed by atoms with Gasteiger partial charge in [-0.05, 0) is 73.7 Å². The van der Waals surface area contributed by atoms with Gasteiger partial charge in [0.05, 0.1) is 0 Å². The first-order chi connectivity index (χ1) is 8.83. The van der Waals surface area contributed by atoms with Crippen molar-refractivity contribution >= 4 is 16.9 Å². The minimum atomic E-state index is 0.937. The van der Waals surface area contributed by atoms with E-state index in [-0.39, 0.29) is 0 Å². The molecule has 2 heteroatoms. The average Bonchev–Trinajstić information content (AvgIpc) is 2.87. The van der Waals surface area contributed by atoms with Gasteiger partial charge in [0.2, 0.25) is 0 Å². The molecule has 0 saturated carbocycles. The highest BCUT2D eigenvalue weighted by molar-refractivity contribution is 7.10. The molecule has 2 aliphatic rings. The molecule has 2 heterocycles. The van der Waals surface area contributed by atoms with Gasteiger partial charge in [-0.2, -0.15) is 0 Å². The van der Waals surface area contributed by atoms with Crippen LogP contribution >= 0.6 is 11.3 Å². The predicted molar refractivity (Wildman–Crippen MR) is 80.1 cm³/mol. The Bertz CT molecular complexity index is 424. The average molecular weight is 261 g/mol. The van der Waals surface area contributed by atoms with Crippen LogP contribution in [0.15, 0.2) is 17.5 Å².